The molecule has 0 amide bonds. The van der Waals surface area contributed by atoms with Gasteiger partial charge in [0.2, 0.25) is 0 Å². The normalized spacial score (nSPS) is 15.4. The van der Waals surface area contributed by atoms with Gasteiger partial charge in [-0.1, -0.05) is 224 Å². The first-order valence-electron chi connectivity index (χ1n) is 35.4. The molecule has 1 spiro atoms. The molecule has 0 atom stereocenters. The zero-order valence-corrected chi connectivity index (χ0v) is 49.3. The van der Waals surface area contributed by atoms with Crippen LogP contribution < -0.4 is 52.2 Å². The molecule has 424 valence electrons. The summed E-state index contributed by atoms with van der Waals surface area (Å²) in [5, 5.41) is 0.0181. The van der Waals surface area contributed by atoms with Crippen LogP contribution in [0.3, 0.4) is 0 Å². The fourth-order valence-electron chi connectivity index (χ4n) is 17.0. The minimum atomic E-state index is -0.633. The van der Waals surface area contributed by atoms with Crippen LogP contribution in [0.25, 0.3) is 60.9 Å². The summed E-state index contributed by atoms with van der Waals surface area (Å²) in [5.74, 6) is 1.43. The Bertz CT molecular complexity index is 6050. The summed E-state index contributed by atoms with van der Waals surface area (Å²) < 4.78 is 84.0. The number of benzene rings is 14. The average Bonchev–Trinajstić information content (AvgIpc) is 1.33. The Morgan fingerprint density at radius 2 is 0.761 bits per heavy atom. The van der Waals surface area contributed by atoms with Gasteiger partial charge in [0.25, 0.3) is 13.4 Å². The van der Waals surface area contributed by atoms with Gasteiger partial charge in [-0.15, -0.1) is 0 Å². The monoisotopic (exact) mass is 1170 g/mol. The van der Waals surface area contributed by atoms with Gasteiger partial charge >= 0.3 is 0 Å². The molecule has 0 unspecified atom stereocenters. The van der Waals surface area contributed by atoms with Gasteiger partial charge in [-0.05, 0) is 173 Å². The molecule has 15 aromatic rings. The lowest BCUT2D eigenvalue weighted by Gasteiger charge is -2.45. The van der Waals surface area contributed by atoms with E-state index < -0.39 is 48.4 Å². The van der Waals surface area contributed by atoms with Crippen LogP contribution in [-0.4, -0.2) is 18.0 Å². The van der Waals surface area contributed by atoms with Gasteiger partial charge in [0.05, 0.1) is 33.1 Å². The molecule has 0 fully saturated rings. The minimum absolute atomic E-state index is 0.00904. The summed E-state index contributed by atoms with van der Waals surface area (Å²) in [4.78, 5) is 6.96. The molecule has 6 aliphatic rings. The molecule has 5 heterocycles. The highest BCUT2D eigenvalue weighted by atomic mass is 16.5. The van der Waals surface area contributed by atoms with Crippen molar-refractivity contribution in [1.82, 2.24) is 4.57 Å². The fourth-order valence-corrected chi connectivity index (χ4v) is 17.0. The van der Waals surface area contributed by atoms with E-state index in [-0.39, 0.29) is 40.6 Å². The Labute approximate surface area is 545 Å². The molecule has 0 N–H and O–H groups in total. The van der Waals surface area contributed by atoms with E-state index in [0.717, 1.165) is 101 Å². The Morgan fingerprint density at radius 3 is 1.33 bits per heavy atom. The maximum absolute atomic E-state index is 9.71. The first-order chi connectivity index (χ1) is 49.0. The quantitative estimate of drug-likeness (QED) is 0.160. The van der Waals surface area contributed by atoms with E-state index >= 15 is 0 Å². The van der Waals surface area contributed by atoms with Gasteiger partial charge in [-0.2, -0.15) is 0 Å². The number of aromatic nitrogens is 1. The lowest BCUT2D eigenvalue weighted by molar-refractivity contribution is 0.488. The molecule has 92 heavy (non-hydrogen) atoms. The minimum Gasteiger partial charge on any atom is -0.458 e. The second kappa shape index (κ2) is 18.6. The predicted molar refractivity (Wildman–Crippen MR) is 382 cm³/mol. The average molecular weight is 1180 g/mol. The molecule has 1 aromatic heterocycles. The molecule has 4 aliphatic heterocycles. The molecule has 7 heteroatoms. The maximum Gasteiger partial charge on any atom is 0.256 e. The van der Waals surface area contributed by atoms with Crippen LogP contribution in [0.4, 0.5) is 51.2 Å². The van der Waals surface area contributed by atoms with E-state index in [4.69, 9.17) is 10.2 Å². The van der Waals surface area contributed by atoms with E-state index in [0.29, 0.717) is 11.4 Å². The van der Waals surface area contributed by atoms with Gasteiger partial charge in [0.15, 0.2) is 0 Å². The number of fused-ring (bicyclic) bond motifs is 21. The molecule has 0 radical (unpaired) electrons. The number of rotatable bonds is 5. The van der Waals surface area contributed by atoms with Crippen LogP contribution in [0, 0.1) is 0 Å². The highest BCUT2D eigenvalue weighted by molar-refractivity contribution is 7.02. The van der Waals surface area contributed by atoms with E-state index in [1.165, 1.54) is 44.5 Å². The molecule has 21 rings (SSSR count). The van der Waals surface area contributed by atoms with E-state index in [9.17, 15) is 5.48 Å². The first-order valence-corrected chi connectivity index (χ1v) is 31.4. The molecule has 0 saturated heterocycles. The standard InChI is InChI=1S/C85H52B2N4O/c1-4-25-54(26-5-1)88-75-46-23-19-42-69(75)87-71-51-70-76(52-80(71)92-81-48-53(47-77(88)84(81)87)58-36-24-37-64-61-33-12-17-40-67(61)85(82(58)64)65-38-15-10-31-59(65)60-32-11-16-39-66(60)85)90(56-29-8-3-9-30-56)79-50-57(91-72-43-20-13-34-62(72)63-35-14-21-44-73(63)91)49-78-83(79)86(70)68-41-18-22-45-74(68)89(78)55-27-6-2-7-28-55/h1-52H/i13D,14D,20D,21D,34D,35D,43D,44D. The summed E-state index contributed by atoms with van der Waals surface area (Å²) in [6.07, 6.45) is 0. The van der Waals surface area contributed by atoms with Gasteiger partial charge in [-0.25, -0.2) is 0 Å². The Hall–Kier alpha value is -11.8. The third kappa shape index (κ3) is 6.53. The second-order valence-corrected chi connectivity index (χ2v) is 24.7. The SMILES string of the molecule is [2H]c1c([2H])c([2H])c2c(c1[2H])c1c([2H])c([2H])c([2H])c([2H])c1n2-c1cc2c3c(c1)N(c1ccccc1)c1cc4c(cc1B3c1ccccc1N2c1ccccc1)B1c2ccccc2N(c2ccccc2)c2cc(-c3cccc5c3C3(c6ccccc6-c6ccccc63)c3ccccc3-5)cc(c21)O4. The Kier molecular flexibility index (Phi) is 8.71. The highest BCUT2D eigenvalue weighted by Gasteiger charge is 2.54. The molecule has 2 aliphatic carbocycles. The van der Waals surface area contributed by atoms with E-state index in [1.54, 1.807) is 4.57 Å². The number of para-hydroxylation sites is 7. The number of hydrogen-bond donors (Lipinski definition) is 0. The van der Waals surface area contributed by atoms with Crippen LogP contribution >= 0.6 is 0 Å². The molecular formula is C85H52B2N4O. The van der Waals surface area contributed by atoms with Gasteiger partial charge in [0, 0.05) is 68.0 Å². The topological polar surface area (TPSA) is 23.9 Å². The first kappa shape index (κ1) is 43.0. The van der Waals surface area contributed by atoms with Crippen molar-refractivity contribution >= 4 is 119 Å². The van der Waals surface area contributed by atoms with Crippen molar-refractivity contribution in [1.29, 1.82) is 0 Å². The van der Waals surface area contributed by atoms with Crippen LogP contribution in [0.2, 0.25) is 0 Å². The number of anilines is 9. The van der Waals surface area contributed by atoms with Gasteiger partial charge in [0.1, 0.15) is 11.5 Å². The number of ether oxygens (including phenoxy) is 1. The zero-order chi connectivity index (χ0) is 66.9. The van der Waals surface area contributed by atoms with Crippen molar-refractivity contribution in [3.8, 4) is 50.6 Å². The van der Waals surface area contributed by atoms with Gasteiger partial charge in [-0.3, -0.25) is 0 Å². The summed E-state index contributed by atoms with van der Waals surface area (Å²) in [7, 11) is 0. The number of nitrogens with zero attached hydrogens (tertiary/aromatic N) is 4. The van der Waals surface area contributed by atoms with Gasteiger partial charge < -0.3 is 24.0 Å². The largest absolute Gasteiger partial charge is 0.458 e. The third-order valence-electron chi connectivity index (χ3n) is 20.4. The third-order valence-corrected chi connectivity index (χ3v) is 20.4. The summed E-state index contributed by atoms with van der Waals surface area (Å²) in [6, 6.07) is 92.1. The van der Waals surface area contributed by atoms with Crippen molar-refractivity contribution in [3.05, 3.63) is 338 Å². The van der Waals surface area contributed by atoms with Crippen LogP contribution in [0.15, 0.2) is 315 Å². The Morgan fingerprint density at radius 1 is 0.315 bits per heavy atom. The summed E-state index contributed by atoms with van der Waals surface area (Å²) in [5.41, 5.74) is 26.3. The molecule has 0 bridgehead atoms. The second-order valence-electron chi connectivity index (χ2n) is 24.7. The molecule has 5 nitrogen and oxygen atoms in total. The van der Waals surface area contributed by atoms with Crippen LogP contribution in [0.1, 0.15) is 33.2 Å². The molecular weight excluding hydrogens is 1110 g/mol. The molecule has 14 aromatic carbocycles. The van der Waals surface area contributed by atoms with Crippen molar-refractivity contribution in [2.24, 2.45) is 0 Å². The fraction of sp³-hybridized carbons (Fsp3) is 0.0118. The lowest BCUT2D eigenvalue weighted by atomic mass is 9.30. The van der Waals surface area contributed by atoms with E-state index in [1.807, 2.05) is 48.5 Å². The predicted octanol–water partition coefficient (Wildman–Crippen LogP) is 17.3. The van der Waals surface area contributed by atoms with Crippen molar-refractivity contribution < 1.29 is 15.7 Å². The van der Waals surface area contributed by atoms with Crippen molar-refractivity contribution in [3.63, 3.8) is 0 Å². The highest BCUT2D eigenvalue weighted by Crippen LogP contribution is 2.65. The summed E-state index contributed by atoms with van der Waals surface area (Å²) in [6.45, 7) is -0.716. The zero-order valence-electron chi connectivity index (χ0n) is 57.3. The lowest BCUT2D eigenvalue weighted by Crippen LogP contribution is -2.64. The van der Waals surface area contributed by atoms with Crippen LogP contribution in [0.5, 0.6) is 11.5 Å². The maximum atomic E-state index is 9.71. The number of hydrogen-bond acceptors (Lipinski definition) is 4. The molecule has 0 saturated carbocycles. The smallest absolute Gasteiger partial charge is 0.256 e. The van der Waals surface area contributed by atoms with Crippen molar-refractivity contribution in [2.75, 3.05) is 14.7 Å². The van der Waals surface area contributed by atoms with E-state index in [2.05, 4.69) is 233 Å². The van der Waals surface area contributed by atoms with Crippen molar-refractivity contribution in [2.45, 2.75) is 5.41 Å². The summed E-state index contributed by atoms with van der Waals surface area (Å²) >= 11 is 0. The van der Waals surface area contributed by atoms with Crippen LogP contribution in [-0.2, 0) is 5.41 Å². The Balaban J connectivity index is 0.853.